The van der Waals surface area contributed by atoms with Crippen LogP contribution < -0.4 is 0 Å². The van der Waals surface area contributed by atoms with Crippen LogP contribution >= 0.6 is 0 Å². The van der Waals surface area contributed by atoms with Crippen molar-refractivity contribution in [2.24, 2.45) is 40.4 Å². The molecule has 4 aliphatic carbocycles. The fourth-order valence-electron chi connectivity index (χ4n) is 7.74. The highest BCUT2D eigenvalue weighted by atomic mass is 19.4. The smallest absolute Gasteiger partial charge is 0.410 e. The summed E-state index contributed by atoms with van der Waals surface area (Å²) in [7, 11) is 0. The normalized spacial score (nSPS) is 47.4. The average molecular weight is 398 g/mol. The van der Waals surface area contributed by atoms with Gasteiger partial charge < -0.3 is 5.11 Å². The lowest BCUT2D eigenvalue weighted by Crippen LogP contribution is -2.54. The van der Waals surface area contributed by atoms with Crippen LogP contribution in [-0.2, 0) is 9.59 Å². The molecule has 0 amide bonds. The van der Waals surface area contributed by atoms with Gasteiger partial charge in [0.2, 0.25) is 0 Å². The third-order valence-electron chi connectivity index (χ3n) is 9.06. The Bertz CT molecular complexity index is 727. The van der Waals surface area contributed by atoms with Crippen LogP contribution in [0.1, 0.15) is 65.2 Å². The molecule has 0 aliphatic heterocycles. The Morgan fingerprint density at radius 1 is 1.07 bits per heavy atom. The first-order chi connectivity index (χ1) is 13.0. The molecule has 0 bridgehead atoms. The maximum atomic E-state index is 13.0. The first-order valence-electron chi connectivity index (χ1n) is 10.5. The number of carbonyl (C=O) groups is 2. The summed E-state index contributed by atoms with van der Waals surface area (Å²) in [5, 5.41) is 9.67. The lowest BCUT2D eigenvalue weighted by molar-refractivity contribution is -0.152. The van der Waals surface area contributed by atoms with Crippen LogP contribution in [0, 0.1) is 40.4 Å². The minimum atomic E-state index is -4.46. The van der Waals surface area contributed by atoms with E-state index < -0.39 is 12.1 Å². The summed E-state index contributed by atoms with van der Waals surface area (Å²) in [5.41, 5.74) is -0.558. The fraction of sp³-hybridized carbons (Fsp3) is 0.818. The summed E-state index contributed by atoms with van der Waals surface area (Å²) < 4.78 is 38.9. The summed E-state index contributed by atoms with van der Waals surface area (Å²) >= 11 is 0. The van der Waals surface area contributed by atoms with Crippen molar-refractivity contribution in [3.63, 3.8) is 0 Å². The van der Waals surface area contributed by atoms with Crippen LogP contribution in [0.2, 0.25) is 0 Å². The molecule has 6 heteroatoms. The summed E-state index contributed by atoms with van der Waals surface area (Å²) in [5.74, 6) is -0.234. The first kappa shape index (κ1) is 20.0. The van der Waals surface area contributed by atoms with Gasteiger partial charge in [0.25, 0.3) is 0 Å². The molecular formula is C22H29F3O3. The van der Waals surface area contributed by atoms with Gasteiger partial charge in [0.05, 0.1) is 5.92 Å². The summed E-state index contributed by atoms with van der Waals surface area (Å²) in [4.78, 5) is 24.1. The van der Waals surface area contributed by atoms with Crippen molar-refractivity contribution < 1.29 is 27.9 Å². The molecule has 0 spiro atoms. The molecule has 28 heavy (non-hydrogen) atoms. The van der Waals surface area contributed by atoms with Crippen LogP contribution in [0.5, 0.6) is 0 Å². The lowest BCUT2D eigenvalue weighted by Gasteiger charge is -2.60. The number of allylic oxidation sites excluding steroid dienone is 2. The van der Waals surface area contributed by atoms with Gasteiger partial charge in [-0.15, -0.1) is 0 Å². The van der Waals surface area contributed by atoms with Crippen molar-refractivity contribution in [2.75, 3.05) is 0 Å². The molecule has 0 aromatic rings. The van der Waals surface area contributed by atoms with E-state index in [0.29, 0.717) is 18.3 Å². The molecule has 1 N–H and O–H groups in total. The molecule has 4 aliphatic rings. The monoisotopic (exact) mass is 398 g/mol. The van der Waals surface area contributed by atoms with E-state index in [4.69, 9.17) is 0 Å². The molecule has 0 aromatic heterocycles. The zero-order chi connectivity index (χ0) is 20.5. The second-order valence-corrected chi connectivity index (χ2v) is 10.2. The highest BCUT2D eigenvalue weighted by Crippen LogP contribution is 2.67. The molecule has 156 valence electrons. The van der Waals surface area contributed by atoms with Crippen molar-refractivity contribution >= 4 is 11.8 Å². The van der Waals surface area contributed by atoms with E-state index >= 15 is 0 Å². The average Bonchev–Trinajstić information content (AvgIpc) is 2.92. The number of carbonyl (C=O) groups excluding carboxylic acids is 1. The van der Waals surface area contributed by atoms with Gasteiger partial charge in [-0.25, -0.2) is 0 Å². The zero-order valence-electron chi connectivity index (χ0n) is 16.5. The number of carboxylic acid groups (broad SMARTS) is 1. The quantitative estimate of drug-likeness (QED) is 0.602. The van der Waals surface area contributed by atoms with Crippen molar-refractivity contribution in [1.82, 2.24) is 0 Å². The van der Waals surface area contributed by atoms with Gasteiger partial charge in [-0.05, 0) is 79.4 Å². The number of Topliss-reactive ketones (excluding diaryl/α,β-unsaturated/α-hetero) is 1. The largest absolute Gasteiger partial charge is 0.481 e. The van der Waals surface area contributed by atoms with Crippen LogP contribution in [-0.4, -0.2) is 23.0 Å². The van der Waals surface area contributed by atoms with E-state index in [-0.39, 0.29) is 58.9 Å². The Morgan fingerprint density at radius 2 is 1.75 bits per heavy atom. The van der Waals surface area contributed by atoms with Gasteiger partial charge in [0, 0.05) is 18.1 Å². The van der Waals surface area contributed by atoms with Crippen LogP contribution in [0.15, 0.2) is 11.6 Å². The highest BCUT2D eigenvalue weighted by molar-refractivity contribution is 5.96. The Morgan fingerprint density at radius 3 is 2.39 bits per heavy atom. The number of fused-ring (bicyclic) bond motifs is 5. The number of hydrogen-bond acceptors (Lipinski definition) is 2. The SMILES string of the molecule is C[C@]12C/C(=C/C(F)(F)F)C(=O)C[C@H]1CC[C@@H]1[C@@H]2CC[C@]2(C)[C@@H](C(=O)O)CC[C@@H]12. The van der Waals surface area contributed by atoms with Gasteiger partial charge in [-0.2, -0.15) is 13.2 Å². The second kappa shape index (κ2) is 6.33. The predicted octanol–water partition coefficient (Wildman–Crippen LogP) is 5.40. The second-order valence-electron chi connectivity index (χ2n) is 10.2. The summed E-state index contributed by atoms with van der Waals surface area (Å²) in [6, 6.07) is 0. The zero-order valence-corrected chi connectivity index (χ0v) is 16.5. The van der Waals surface area contributed by atoms with Crippen molar-refractivity contribution in [3.05, 3.63) is 11.6 Å². The van der Waals surface area contributed by atoms with Gasteiger partial charge in [0.15, 0.2) is 5.78 Å². The highest BCUT2D eigenvalue weighted by Gasteiger charge is 2.61. The molecule has 0 saturated heterocycles. The minimum Gasteiger partial charge on any atom is -0.481 e. The van der Waals surface area contributed by atoms with Gasteiger partial charge in [0.1, 0.15) is 0 Å². The van der Waals surface area contributed by atoms with E-state index in [9.17, 15) is 27.9 Å². The summed E-state index contributed by atoms with van der Waals surface area (Å²) in [6.45, 7) is 4.21. The van der Waals surface area contributed by atoms with E-state index in [1.165, 1.54) is 0 Å². The number of rotatable bonds is 1. The third-order valence-corrected chi connectivity index (χ3v) is 9.06. The molecule has 0 aromatic carbocycles. The number of carboxylic acids is 1. The van der Waals surface area contributed by atoms with Crippen molar-refractivity contribution in [2.45, 2.75) is 71.4 Å². The Hall–Kier alpha value is -1.33. The summed E-state index contributed by atoms with van der Waals surface area (Å²) in [6.07, 6.45) is 1.33. The molecule has 4 rings (SSSR count). The van der Waals surface area contributed by atoms with Gasteiger partial charge in [-0.1, -0.05) is 13.8 Å². The Balaban J connectivity index is 1.64. The van der Waals surface area contributed by atoms with E-state index in [0.717, 1.165) is 32.1 Å². The number of hydrogen-bond donors (Lipinski definition) is 1. The van der Waals surface area contributed by atoms with Crippen LogP contribution in [0.3, 0.4) is 0 Å². The van der Waals surface area contributed by atoms with E-state index in [1.54, 1.807) is 0 Å². The number of alkyl halides is 3. The lowest BCUT2D eigenvalue weighted by atomic mass is 9.44. The molecule has 0 radical (unpaired) electrons. The standard InChI is InChI=1S/C22H29F3O3/c1-20-8-7-16-14(15(20)5-6-17(20)19(27)28)4-3-13-9-18(26)12(10-21(13,16)2)11-22(23,24)25/h11,13-17H,3-10H2,1-2H3,(H,27,28)/b12-11-/t13-,14+,15+,16+,17-,20+,21+/m1/s1. The molecule has 4 saturated carbocycles. The minimum absolute atomic E-state index is 0.0601. The maximum Gasteiger partial charge on any atom is 0.410 e. The van der Waals surface area contributed by atoms with E-state index in [2.05, 4.69) is 13.8 Å². The molecule has 0 unspecified atom stereocenters. The fourth-order valence-corrected chi connectivity index (χ4v) is 7.74. The molecule has 3 nitrogen and oxygen atoms in total. The molecule has 0 heterocycles. The van der Waals surface area contributed by atoms with Gasteiger partial charge >= 0.3 is 12.1 Å². The van der Waals surface area contributed by atoms with Gasteiger partial charge in [-0.3, -0.25) is 9.59 Å². The Kier molecular flexibility index (Phi) is 4.51. The molecule has 4 fully saturated rings. The van der Waals surface area contributed by atoms with E-state index in [1.807, 2.05) is 0 Å². The molecule has 7 atom stereocenters. The third kappa shape index (κ3) is 2.93. The predicted molar refractivity (Wildman–Crippen MR) is 97.4 cm³/mol. The number of ketones is 1. The first-order valence-corrected chi connectivity index (χ1v) is 10.5. The number of aliphatic carboxylic acids is 1. The van der Waals surface area contributed by atoms with Crippen molar-refractivity contribution in [1.29, 1.82) is 0 Å². The molecular weight excluding hydrogens is 369 g/mol. The Labute approximate surface area is 163 Å². The number of halogens is 3. The van der Waals surface area contributed by atoms with Crippen molar-refractivity contribution in [3.8, 4) is 0 Å². The van der Waals surface area contributed by atoms with Crippen LogP contribution in [0.4, 0.5) is 13.2 Å². The maximum absolute atomic E-state index is 13.0. The van der Waals surface area contributed by atoms with Crippen LogP contribution in [0.25, 0.3) is 0 Å². The topological polar surface area (TPSA) is 54.4 Å².